The Bertz CT molecular complexity index is 432. The minimum absolute atomic E-state index is 0.424. The maximum atomic E-state index is 11.2. The molecule has 1 saturated heterocycles. The van der Waals surface area contributed by atoms with E-state index >= 15 is 0 Å². The molecule has 1 atom stereocenters. The van der Waals surface area contributed by atoms with Crippen molar-refractivity contribution in [3.63, 3.8) is 0 Å². The number of nitrogens with zero attached hydrogens (tertiary/aromatic N) is 1. The standard InChI is InChI=1S/C15H22N2O2/c1-2-5-13-11-17(9-8-16-13)10-12-6-3-4-7-14(12)15(18)19/h3-4,6-7,13,16H,2,5,8-11H2,1H3,(H,18,19)/t13-/m1/s1. The van der Waals surface area contributed by atoms with Crippen LogP contribution in [0, 0.1) is 0 Å². The summed E-state index contributed by atoms with van der Waals surface area (Å²) in [6, 6.07) is 7.83. The SMILES string of the molecule is CCC[C@@H]1CN(Cc2ccccc2C(=O)O)CCN1. The smallest absolute Gasteiger partial charge is 0.336 e. The molecule has 2 rings (SSSR count). The van der Waals surface area contributed by atoms with E-state index < -0.39 is 5.97 Å². The van der Waals surface area contributed by atoms with Gasteiger partial charge in [-0.2, -0.15) is 0 Å². The van der Waals surface area contributed by atoms with E-state index in [0.717, 1.165) is 31.7 Å². The number of nitrogens with one attached hydrogen (secondary N) is 1. The first-order chi connectivity index (χ1) is 9.20. The molecule has 0 aromatic heterocycles. The van der Waals surface area contributed by atoms with Crippen LogP contribution >= 0.6 is 0 Å². The molecule has 4 heteroatoms. The summed E-state index contributed by atoms with van der Waals surface area (Å²) >= 11 is 0. The zero-order chi connectivity index (χ0) is 13.7. The van der Waals surface area contributed by atoms with Crippen LogP contribution in [0.3, 0.4) is 0 Å². The fourth-order valence-electron chi connectivity index (χ4n) is 2.69. The third-order valence-corrected chi connectivity index (χ3v) is 3.62. The predicted molar refractivity (Wildman–Crippen MR) is 75.4 cm³/mol. The molecule has 0 spiro atoms. The number of hydrogen-bond acceptors (Lipinski definition) is 3. The van der Waals surface area contributed by atoms with Crippen LogP contribution in [0.25, 0.3) is 0 Å². The number of carbonyl (C=O) groups is 1. The van der Waals surface area contributed by atoms with E-state index in [0.29, 0.717) is 11.6 Å². The molecule has 1 fully saturated rings. The summed E-state index contributed by atoms with van der Waals surface area (Å²) in [5, 5.41) is 12.7. The Morgan fingerprint density at radius 3 is 3.00 bits per heavy atom. The molecule has 1 heterocycles. The molecule has 1 aromatic carbocycles. The Kier molecular flexibility index (Phi) is 4.93. The minimum Gasteiger partial charge on any atom is -0.478 e. The molecular formula is C15H22N2O2. The first-order valence-electron chi connectivity index (χ1n) is 6.97. The molecule has 104 valence electrons. The quantitative estimate of drug-likeness (QED) is 0.851. The second-order valence-electron chi connectivity index (χ2n) is 5.14. The molecule has 0 saturated carbocycles. The van der Waals surface area contributed by atoms with Crippen LogP contribution < -0.4 is 5.32 Å². The number of hydrogen-bond donors (Lipinski definition) is 2. The van der Waals surface area contributed by atoms with Crippen LogP contribution in [0.2, 0.25) is 0 Å². The van der Waals surface area contributed by atoms with Crippen LogP contribution in [0.5, 0.6) is 0 Å². The summed E-state index contributed by atoms with van der Waals surface area (Å²) in [6.07, 6.45) is 2.36. The molecule has 1 aliphatic heterocycles. The molecule has 1 aromatic rings. The van der Waals surface area contributed by atoms with Crippen LogP contribution in [0.15, 0.2) is 24.3 Å². The number of carboxylic acids is 1. The van der Waals surface area contributed by atoms with E-state index in [2.05, 4.69) is 17.1 Å². The lowest BCUT2D eigenvalue weighted by molar-refractivity contribution is 0.0694. The van der Waals surface area contributed by atoms with Crippen LogP contribution in [-0.4, -0.2) is 41.7 Å². The first-order valence-corrected chi connectivity index (χ1v) is 6.97. The third kappa shape index (κ3) is 3.78. The van der Waals surface area contributed by atoms with Gasteiger partial charge in [0.05, 0.1) is 5.56 Å². The molecule has 1 aliphatic rings. The van der Waals surface area contributed by atoms with Crippen molar-refractivity contribution in [2.45, 2.75) is 32.4 Å². The van der Waals surface area contributed by atoms with E-state index in [-0.39, 0.29) is 0 Å². The van der Waals surface area contributed by atoms with Gasteiger partial charge in [-0.1, -0.05) is 31.5 Å². The Hall–Kier alpha value is -1.39. The fraction of sp³-hybridized carbons (Fsp3) is 0.533. The Morgan fingerprint density at radius 1 is 1.47 bits per heavy atom. The highest BCUT2D eigenvalue weighted by Gasteiger charge is 2.20. The minimum atomic E-state index is -0.837. The molecule has 0 aliphatic carbocycles. The number of rotatable bonds is 5. The fourth-order valence-corrected chi connectivity index (χ4v) is 2.69. The average molecular weight is 262 g/mol. The summed E-state index contributed by atoms with van der Waals surface area (Å²) in [6.45, 7) is 5.89. The molecular weight excluding hydrogens is 240 g/mol. The van der Waals surface area contributed by atoms with Gasteiger partial charge in [-0.25, -0.2) is 4.79 Å². The normalized spacial score (nSPS) is 20.4. The van der Waals surface area contributed by atoms with Gasteiger partial charge in [-0.05, 0) is 18.1 Å². The number of aromatic carboxylic acids is 1. The van der Waals surface area contributed by atoms with Gasteiger partial charge < -0.3 is 10.4 Å². The van der Waals surface area contributed by atoms with Crippen molar-refractivity contribution < 1.29 is 9.90 Å². The van der Waals surface area contributed by atoms with Gasteiger partial charge in [-0.3, -0.25) is 4.90 Å². The summed E-state index contributed by atoms with van der Waals surface area (Å²) in [5.41, 5.74) is 1.33. The lowest BCUT2D eigenvalue weighted by Crippen LogP contribution is -2.50. The first kappa shape index (κ1) is 14.0. The summed E-state index contributed by atoms with van der Waals surface area (Å²) in [7, 11) is 0. The average Bonchev–Trinajstić information content (AvgIpc) is 2.40. The van der Waals surface area contributed by atoms with E-state index in [1.165, 1.54) is 12.8 Å². The monoisotopic (exact) mass is 262 g/mol. The van der Waals surface area contributed by atoms with Gasteiger partial charge in [0.15, 0.2) is 0 Å². The lowest BCUT2D eigenvalue weighted by atomic mass is 10.1. The second-order valence-corrected chi connectivity index (χ2v) is 5.14. The third-order valence-electron chi connectivity index (χ3n) is 3.62. The maximum Gasteiger partial charge on any atom is 0.336 e. The largest absolute Gasteiger partial charge is 0.478 e. The molecule has 0 amide bonds. The Labute approximate surface area is 114 Å². The van der Waals surface area contributed by atoms with Gasteiger partial charge >= 0.3 is 5.97 Å². The zero-order valence-corrected chi connectivity index (χ0v) is 11.4. The van der Waals surface area contributed by atoms with Gasteiger partial charge in [-0.15, -0.1) is 0 Å². The molecule has 0 bridgehead atoms. The van der Waals surface area contributed by atoms with E-state index in [9.17, 15) is 9.90 Å². The lowest BCUT2D eigenvalue weighted by Gasteiger charge is -2.33. The number of benzene rings is 1. The van der Waals surface area contributed by atoms with Crippen molar-refractivity contribution in [1.29, 1.82) is 0 Å². The van der Waals surface area contributed by atoms with Crippen molar-refractivity contribution in [3.05, 3.63) is 35.4 Å². The summed E-state index contributed by atoms with van der Waals surface area (Å²) < 4.78 is 0. The van der Waals surface area contributed by atoms with Crippen molar-refractivity contribution >= 4 is 5.97 Å². The van der Waals surface area contributed by atoms with Crippen molar-refractivity contribution in [1.82, 2.24) is 10.2 Å². The van der Waals surface area contributed by atoms with Crippen LogP contribution in [0.4, 0.5) is 0 Å². The number of carboxylic acid groups (broad SMARTS) is 1. The highest BCUT2D eigenvalue weighted by atomic mass is 16.4. The summed E-state index contributed by atoms with van der Waals surface area (Å²) in [4.78, 5) is 13.5. The highest BCUT2D eigenvalue weighted by Crippen LogP contribution is 2.14. The number of piperazine rings is 1. The van der Waals surface area contributed by atoms with Gasteiger partial charge in [0.2, 0.25) is 0 Å². The zero-order valence-electron chi connectivity index (χ0n) is 11.4. The van der Waals surface area contributed by atoms with E-state index in [1.54, 1.807) is 12.1 Å². The molecule has 4 nitrogen and oxygen atoms in total. The summed E-state index contributed by atoms with van der Waals surface area (Å²) in [5.74, 6) is -0.837. The highest BCUT2D eigenvalue weighted by molar-refractivity contribution is 5.89. The molecule has 2 N–H and O–H groups in total. The van der Waals surface area contributed by atoms with Gasteiger partial charge in [0.25, 0.3) is 0 Å². The van der Waals surface area contributed by atoms with Crippen molar-refractivity contribution in [2.75, 3.05) is 19.6 Å². The molecule has 19 heavy (non-hydrogen) atoms. The maximum absolute atomic E-state index is 11.2. The molecule has 0 unspecified atom stereocenters. The Morgan fingerprint density at radius 2 is 2.26 bits per heavy atom. The Balaban J connectivity index is 2.02. The second kappa shape index (κ2) is 6.68. The van der Waals surface area contributed by atoms with Gasteiger partial charge in [0.1, 0.15) is 0 Å². The van der Waals surface area contributed by atoms with E-state index in [1.807, 2.05) is 12.1 Å². The molecule has 0 radical (unpaired) electrons. The predicted octanol–water partition coefficient (Wildman–Crippen LogP) is 1.96. The van der Waals surface area contributed by atoms with Gasteiger partial charge in [0, 0.05) is 32.2 Å². The van der Waals surface area contributed by atoms with E-state index in [4.69, 9.17) is 0 Å². The van der Waals surface area contributed by atoms with Crippen molar-refractivity contribution in [3.8, 4) is 0 Å². The van der Waals surface area contributed by atoms with Crippen molar-refractivity contribution in [2.24, 2.45) is 0 Å². The van der Waals surface area contributed by atoms with Crippen LogP contribution in [0.1, 0.15) is 35.7 Å². The topological polar surface area (TPSA) is 52.6 Å². The van der Waals surface area contributed by atoms with Crippen LogP contribution in [-0.2, 0) is 6.54 Å².